The van der Waals surface area contributed by atoms with E-state index in [0.29, 0.717) is 11.7 Å². The number of carbonyl (C=O) groups is 1. The normalized spacial score (nSPS) is 11.3. The zero-order valence-electron chi connectivity index (χ0n) is 19.1. The van der Waals surface area contributed by atoms with Gasteiger partial charge in [-0.3, -0.25) is 0 Å². The first-order valence-electron chi connectivity index (χ1n) is 11.3. The lowest BCUT2D eigenvalue weighted by molar-refractivity contribution is 0.0697. The van der Waals surface area contributed by atoms with E-state index in [1.54, 1.807) is 30.5 Å². The molecule has 0 aliphatic rings. The molecule has 0 atom stereocenters. The lowest BCUT2D eigenvalue weighted by Gasteiger charge is -2.34. The summed E-state index contributed by atoms with van der Waals surface area (Å²) in [5.41, 5.74) is 4.38. The molecule has 32 heavy (non-hydrogen) atoms. The molecule has 3 rings (SSSR count). The van der Waals surface area contributed by atoms with E-state index in [1.165, 1.54) is 5.56 Å². The second kappa shape index (κ2) is 10.3. The quantitative estimate of drug-likeness (QED) is 0.314. The number of rotatable bonds is 11. The maximum Gasteiger partial charge on any atom is 0.335 e. The van der Waals surface area contributed by atoms with E-state index in [2.05, 4.69) is 55.9 Å². The summed E-state index contributed by atoms with van der Waals surface area (Å²) in [4.78, 5) is 15.5. The molecule has 0 amide bonds. The molecule has 5 nitrogen and oxygen atoms in total. The number of nitrogens with zero attached hydrogens (tertiary/aromatic N) is 1. The molecule has 0 radical (unpaired) electrons. The van der Waals surface area contributed by atoms with E-state index in [0.717, 1.165) is 49.0 Å². The van der Waals surface area contributed by atoms with Gasteiger partial charge in [-0.25, -0.2) is 9.78 Å². The molecular formula is C27H32N2O3. The number of anilines is 1. The predicted molar refractivity (Wildman–Crippen MR) is 130 cm³/mol. The molecule has 3 aromatic rings. The molecule has 0 aliphatic heterocycles. The summed E-state index contributed by atoms with van der Waals surface area (Å²) in [6, 6.07) is 12.9. The first-order valence-corrected chi connectivity index (χ1v) is 11.3. The van der Waals surface area contributed by atoms with Crippen LogP contribution in [0.15, 0.2) is 65.7 Å². The standard InChI is InChI=1S/C27H32N2O3/c1-5-15-27(7-3,8-4)22-17-21(13-14-23(22)28-16-6-2)24-18-29-25(32-24)19-9-11-20(12-10-19)26(30)31/h5,9-14,17-18,28H,1,6-8,15-16H2,2-4H3,(H,30,31). The van der Waals surface area contributed by atoms with Crippen molar-refractivity contribution in [2.75, 3.05) is 11.9 Å². The van der Waals surface area contributed by atoms with Gasteiger partial charge in [0.15, 0.2) is 5.76 Å². The molecule has 168 valence electrons. The number of hydrogen-bond donors (Lipinski definition) is 2. The van der Waals surface area contributed by atoms with Gasteiger partial charge in [0.05, 0.1) is 11.8 Å². The molecule has 1 heterocycles. The van der Waals surface area contributed by atoms with Crippen LogP contribution in [0.1, 0.15) is 62.4 Å². The second-order valence-corrected chi connectivity index (χ2v) is 8.08. The van der Waals surface area contributed by atoms with Crippen LogP contribution in [0.25, 0.3) is 22.8 Å². The summed E-state index contributed by atoms with van der Waals surface area (Å²) in [6.07, 6.45) is 7.72. The van der Waals surface area contributed by atoms with E-state index in [-0.39, 0.29) is 11.0 Å². The van der Waals surface area contributed by atoms with Gasteiger partial charge in [-0.2, -0.15) is 0 Å². The number of aromatic nitrogens is 1. The SMILES string of the molecule is C=CCC(CC)(CC)c1cc(-c2cnc(-c3ccc(C(=O)O)cc3)o2)ccc1NCCC. The van der Waals surface area contributed by atoms with Crippen molar-refractivity contribution in [3.8, 4) is 22.8 Å². The van der Waals surface area contributed by atoms with Crippen molar-refractivity contribution in [2.24, 2.45) is 0 Å². The van der Waals surface area contributed by atoms with Crippen LogP contribution in [0.2, 0.25) is 0 Å². The molecule has 2 N–H and O–H groups in total. The number of allylic oxidation sites excluding steroid dienone is 1. The summed E-state index contributed by atoms with van der Waals surface area (Å²) in [7, 11) is 0. The summed E-state index contributed by atoms with van der Waals surface area (Å²) >= 11 is 0. The van der Waals surface area contributed by atoms with E-state index in [9.17, 15) is 4.79 Å². The number of carboxylic acid groups (broad SMARTS) is 1. The Labute approximate surface area is 190 Å². The van der Waals surface area contributed by atoms with Crippen molar-refractivity contribution in [1.29, 1.82) is 0 Å². The molecule has 1 aromatic heterocycles. The van der Waals surface area contributed by atoms with Crippen molar-refractivity contribution in [3.63, 3.8) is 0 Å². The van der Waals surface area contributed by atoms with Gasteiger partial charge in [0.1, 0.15) is 0 Å². The Hall–Kier alpha value is -3.34. The van der Waals surface area contributed by atoms with Crippen molar-refractivity contribution < 1.29 is 14.3 Å². The highest BCUT2D eigenvalue weighted by Gasteiger charge is 2.30. The fourth-order valence-electron chi connectivity index (χ4n) is 4.15. The number of hydrogen-bond acceptors (Lipinski definition) is 4. The highest BCUT2D eigenvalue weighted by molar-refractivity contribution is 5.88. The van der Waals surface area contributed by atoms with Gasteiger partial charge < -0.3 is 14.8 Å². The number of aromatic carboxylic acids is 1. The highest BCUT2D eigenvalue weighted by atomic mass is 16.4. The fraction of sp³-hybridized carbons (Fsp3) is 0.333. The summed E-state index contributed by atoms with van der Waals surface area (Å²) in [5.74, 6) is 0.198. The average Bonchev–Trinajstić information content (AvgIpc) is 3.32. The van der Waals surface area contributed by atoms with Crippen LogP contribution in [0.3, 0.4) is 0 Å². The molecule has 0 aliphatic carbocycles. The van der Waals surface area contributed by atoms with Gasteiger partial charge >= 0.3 is 5.97 Å². The lowest BCUT2D eigenvalue weighted by atomic mass is 9.72. The molecule has 0 fully saturated rings. The minimum atomic E-state index is -0.955. The van der Waals surface area contributed by atoms with E-state index >= 15 is 0 Å². The predicted octanol–water partition coefficient (Wildman–Crippen LogP) is 7.16. The first kappa shape index (κ1) is 23.3. The maximum absolute atomic E-state index is 11.1. The third-order valence-corrected chi connectivity index (χ3v) is 6.21. The summed E-state index contributed by atoms with van der Waals surface area (Å²) in [5, 5.41) is 12.7. The maximum atomic E-state index is 11.1. The van der Waals surface area contributed by atoms with Crippen LogP contribution in [0.5, 0.6) is 0 Å². The molecule has 0 saturated carbocycles. The van der Waals surface area contributed by atoms with Gasteiger partial charge in [-0.05, 0) is 73.7 Å². The van der Waals surface area contributed by atoms with Crippen LogP contribution in [0, 0.1) is 0 Å². The Bertz CT molecular complexity index is 1060. The van der Waals surface area contributed by atoms with Gasteiger partial charge in [-0.1, -0.05) is 26.8 Å². The zero-order valence-corrected chi connectivity index (χ0v) is 19.1. The number of nitrogens with one attached hydrogen (secondary N) is 1. The average molecular weight is 433 g/mol. The third-order valence-electron chi connectivity index (χ3n) is 6.21. The minimum absolute atomic E-state index is 0.00332. The highest BCUT2D eigenvalue weighted by Crippen LogP contribution is 2.42. The van der Waals surface area contributed by atoms with Crippen molar-refractivity contribution in [1.82, 2.24) is 4.98 Å². The third kappa shape index (κ3) is 4.77. The topological polar surface area (TPSA) is 75.4 Å². The smallest absolute Gasteiger partial charge is 0.335 e. The molecule has 5 heteroatoms. The molecular weight excluding hydrogens is 400 g/mol. The molecule has 2 aromatic carbocycles. The zero-order chi connectivity index (χ0) is 23.1. The van der Waals surface area contributed by atoms with Crippen LogP contribution < -0.4 is 5.32 Å². The van der Waals surface area contributed by atoms with Crippen molar-refractivity contribution in [2.45, 2.75) is 51.9 Å². The van der Waals surface area contributed by atoms with Crippen LogP contribution in [0.4, 0.5) is 5.69 Å². The number of oxazole rings is 1. The molecule has 0 spiro atoms. The van der Waals surface area contributed by atoms with E-state index < -0.39 is 5.97 Å². The van der Waals surface area contributed by atoms with Crippen molar-refractivity contribution in [3.05, 3.63) is 72.4 Å². The Balaban J connectivity index is 2.01. The second-order valence-electron chi connectivity index (χ2n) is 8.08. The van der Waals surface area contributed by atoms with Gasteiger partial charge in [-0.15, -0.1) is 6.58 Å². The number of benzene rings is 2. The Kier molecular flexibility index (Phi) is 7.52. The molecule has 0 unspecified atom stereocenters. The molecule has 0 bridgehead atoms. The van der Waals surface area contributed by atoms with Crippen LogP contribution in [-0.2, 0) is 5.41 Å². The number of carboxylic acids is 1. The van der Waals surface area contributed by atoms with Crippen LogP contribution >= 0.6 is 0 Å². The Morgan fingerprint density at radius 3 is 2.41 bits per heavy atom. The lowest BCUT2D eigenvalue weighted by Crippen LogP contribution is -2.25. The summed E-state index contributed by atoms with van der Waals surface area (Å²) < 4.78 is 6.07. The largest absolute Gasteiger partial charge is 0.478 e. The first-order chi connectivity index (χ1) is 15.5. The fourth-order valence-corrected chi connectivity index (χ4v) is 4.15. The van der Waals surface area contributed by atoms with Crippen LogP contribution in [-0.4, -0.2) is 22.6 Å². The van der Waals surface area contributed by atoms with Gasteiger partial charge in [0.2, 0.25) is 5.89 Å². The molecule has 0 saturated heterocycles. The Morgan fingerprint density at radius 2 is 1.81 bits per heavy atom. The monoisotopic (exact) mass is 432 g/mol. The van der Waals surface area contributed by atoms with Gasteiger partial charge in [0, 0.05) is 28.8 Å². The van der Waals surface area contributed by atoms with E-state index in [1.807, 2.05) is 6.08 Å². The van der Waals surface area contributed by atoms with E-state index in [4.69, 9.17) is 9.52 Å². The Morgan fingerprint density at radius 1 is 1.12 bits per heavy atom. The van der Waals surface area contributed by atoms with Gasteiger partial charge in [0.25, 0.3) is 0 Å². The summed E-state index contributed by atoms with van der Waals surface area (Å²) in [6.45, 7) is 11.6. The van der Waals surface area contributed by atoms with Crippen molar-refractivity contribution >= 4 is 11.7 Å². The minimum Gasteiger partial charge on any atom is -0.478 e.